The highest BCUT2D eigenvalue weighted by Crippen LogP contribution is 2.33. The number of aromatic nitrogens is 2. The van der Waals surface area contributed by atoms with Crippen molar-refractivity contribution in [3.8, 4) is 0 Å². The van der Waals surface area contributed by atoms with Crippen LogP contribution in [-0.2, 0) is 4.79 Å². The maximum Gasteiger partial charge on any atom is 0.237 e. The van der Waals surface area contributed by atoms with Crippen LogP contribution < -0.4 is 10.6 Å². The van der Waals surface area contributed by atoms with Crippen LogP contribution in [0.3, 0.4) is 0 Å². The van der Waals surface area contributed by atoms with E-state index in [4.69, 9.17) is 17.3 Å². The number of hydrogen-bond acceptors (Lipinski definition) is 5. The Hall–Kier alpha value is -1.40. The summed E-state index contributed by atoms with van der Waals surface area (Å²) >= 11 is 7.53. The molecule has 106 valence electrons. The molecule has 20 heavy (non-hydrogen) atoms. The molecule has 0 aromatic carbocycles. The lowest BCUT2D eigenvalue weighted by Crippen LogP contribution is -2.40. The third kappa shape index (κ3) is 2.58. The third-order valence-corrected chi connectivity index (χ3v) is 4.62. The van der Waals surface area contributed by atoms with Gasteiger partial charge in [0.1, 0.15) is 10.6 Å². The SMILES string of the molecule is NC(=O)CN(c1nc(Cl)nc2sccc12)C1CCCC1. The van der Waals surface area contributed by atoms with Crippen LogP contribution in [0.5, 0.6) is 0 Å². The van der Waals surface area contributed by atoms with Crippen LogP contribution >= 0.6 is 22.9 Å². The molecule has 7 heteroatoms. The molecule has 2 aromatic heterocycles. The summed E-state index contributed by atoms with van der Waals surface area (Å²) in [6.07, 6.45) is 4.46. The van der Waals surface area contributed by atoms with Gasteiger partial charge in [0, 0.05) is 6.04 Å². The molecule has 3 rings (SSSR count). The van der Waals surface area contributed by atoms with E-state index in [1.54, 1.807) is 0 Å². The molecule has 1 saturated carbocycles. The fourth-order valence-corrected chi connectivity index (χ4v) is 3.77. The van der Waals surface area contributed by atoms with Crippen molar-refractivity contribution in [2.75, 3.05) is 11.4 Å². The molecule has 0 unspecified atom stereocenters. The lowest BCUT2D eigenvalue weighted by molar-refractivity contribution is -0.116. The number of halogens is 1. The van der Waals surface area contributed by atoms with Gasteiger partial charge < -0.3 is 10.6 Å². The fourth-order valence-electron chi connectivity index (χ4n) is 2.79. The number of primary amides is 1. The Morgan fingerprint density at radius 2 is 2.20 bits per heavy atom. The van der Waals surface area contributed by atoms with E-state index in [9.17, 15) is 4.79 Å². The van der Waals surface area contributed by atoms with Crippen molar-refractivity contribution in [1.82, 2.24) is 9.97 Å². The van der Waals surface area contributed by atoms with Crippen molar-refractivity contribution in [3.63, 3.8) is 0 Å². The smallest absolute Gasteiger partial charge is 0.237 e. The molecule has 0 saturated heterocycles. The molecular formula is C13H15ClN4OS. The Bertz CT molecular complexity index is 638. The van der Waals surface area contributed by atoms with Gasteiger partial charge in [0.05, 0.1) is 11.9 Å². The molecule has 0 aliphatic heterocycles. The predicted octanol–water partition coefficient (Wildman–Crippen LogP) is 2.58. The lowest BCUT2D eigenvalue weighted by Gasteiger charge is -2.29. The lowest BCUT2D eigenvalue weighted by atomic mass is 10.2. The topological polar surface area (TPSA) is 72.1 Å². The molecule has 0 atom stereocenters. The van der Waals surface area contributed by atoms with Crippen molar-refractivity contribution in [3.05, 3.63) is 16.7 Å². The van der Waals surface area contributed by atoms with Crippen LogP contribution in [0.1, 0.15) is 25.7 Å². The standard InChI is InChI=1S/C13H15ClN4OS/c14-13-16-11(9-5-6-20-12(9)17-13)18(7-10(15)19)8-3-1-2-4-8/h5-6,8H,1-4,7H2,(H2,15,19). The molecule has 1 aliphatic rings. The van der Waals surface area contributed by atoms with Gasteiger partial charge >= 0.3 is 0 Å². The number of nitrogens with zero attached hydrogens (tertiary/aromatic N) is 3. The second-order valence-electron chi connectivity index (χ2n) is 4.99. The van der Waals surface area contributed by atoms with Crippen LogP contribution in [-0.4, -0.2) is 28.5 Å². The van der Waals surface area contributed by atoms with Crippen LogP contribution in [0.25, 0.3) is 10.2 Å². The summed E-state index contributed by atoms with van der Waals surface area (Å²) in [7, 11) is 0. The summed E-state index contributed by atoms with van der Waals surface area (Å²) in [5.41, 5.74) is 5.40. The zero-order chi connectivity index (χ0) is 14.1. The predicted molar refractivity (Wildman–Crippen MR) is 81.2 cm³/mol. The number of nitrogens with two attached hydrogens (primary N) is 1. The van der Waals surface area contributed by atoms with E-state index < -0.39 is 0 Å². The van der Waals surface area contributed by atoms with Gasteiger partial charge in [-0.3, -0.25) is 4.79 Å². The molecule has 2 heterocycles. The largest absolute Gasteiger partial charge is 0.368 e. The summed E-state index contributed by atoms with van der Waals surface area (Å²) in [6.45, 7) is 0.170. The number of carbonyl (C=O) groups is 1. The fraction of sp³-hybridized carbons (Fsp3) is 0.462. The zero-order valence-corrected chi connectivity index (χ0v) is 12.5. The van der Waals surface area contributed by atoms with E-state index in [2.05, 4.69) is 9.97 Å². The maximum absolute atomic E-state index is 11.4. The van der Waals surface area contributed by atoms with Gasteiger partial charge in [-0.25, -0.2) is 4.98 Å². The molecule has 0 spiro atoms. The minimum atomic E-state index is -0.352. The van der Waals surface area contributed by atoms with Crippen LogP contribution in [0.15, 0.2) is 11.4 Å². The molecule has 1 fully saturated rings. The van der Waals surface area contributed by atoms with E-state index in [0.717, 1.165) is 28.9 Å². The minimum absolute atomic E-state index is 0.170. The first kappa shape index (κ1) is 13.6. The highest BCUT2D eigenvalue weighted by atomic mass is 35.5. The highest BCUT2D eigenvalue weighted by Gasteiger charge is 2.27. The Morgan fingerprint density at radius 1 is 1.45 bits per heavy atom. The number of fused-ring (bicyclic) bond motifs is 1. The van der Waals surface area contributed by atoms with Gasteiger partial charge in [0.15, 0.2) is 0 Å². The Labute approximate surface area is 125 Å². The molecule has 2 N–H and O–H groups in total. The van der Waals surface area contributed by atoms with Gasteiger partial charge in [-0.1, -0.05) is 12.8 Å². The molecule has 5 nitrogen and oxygen atoms in total. The monoisotopic (exact) mass is 310 g/mol. The van der Waals surface area contributed by atoms with Crippen LogP contribution in [0.2, 0.25) is 5.28 Å². The second kappa shape index (κ2) is 5.54. The van der Waals surface area contributed by atoms with Gasteiger partial charge in [-0.05, 0) is 35.9 Å². The summed E-state index contributed by atoms with van der Waals surface area (Å²) in [4.78, 5) is 22.8. The Morgan fingerprint density at radius 3 is 2.90 bits per heavy atom. The maximum atomic E-state index is 11.4. The Balaban J connectivity index is 2.07. The van der Waals surface area contributed by atoms with E-state index in [1.807, 2.05) is 16.3 Å². The van der Waals surface area contributed by atoms with Crippen molar-refractivity contribution < 1.29 is 4.79 Å². The molecule has 1 amide bonds. The number of carbonyl (C=O) groups excluding carboxylic acids is 1. The Kier molecular flexibility index (Phi) is 3.76. The minimum Gasteiger partial charge on any atom is -0.368 e. The number of thiophene rings is 1. The summed E-state index contributed by atoms with van der Waals surface area (Å²) in [6, 6.07) is 2.27. The molecule has 0 radical (unpaired) electrons. The zero-order valence-electron chi connectivity index (χ0n) is 10.9. The summed E-state index contributed by atoms with van der Waals surface area (Å²) in [5, 5.41) is 3.10. The quantitative estimate of drug-likeness (QED) is 0.881. The van der Waals surface area contributed by atoms with E-state index in [0.29, 0.717) is 6.04 Å². The number of anilines is 1. The van der Waals surface area contributed by atoms with Crippen LogP contribution in [0, 0.1) is 0 Å². The first-order valence-corrected chi connectivity index (χ1v) is 7.86. The summed E-state index contributed by atoms with van der Waals surface area (Å²) in [5.74, 6) is 0.377. The van der Waals surface area contributed by atoms with Gasteiger partial charge in [0.2, 0.25) is 11.2 Å². The first-order chi connectivity index (χ1) is 9.65. The number of hydrogen-bond donors (Lipinski definition) is 1. The first-order valence-electron chi connectivity index (χ1n) is 6.61. The van der Waals surface area contributed by atoms with Crippen molar-refractivity contribution >= 4 is 44.9 Å². The highest BCUT2D eigenvalue weighted by molar-refractivity contribution is 7.16. The normalized spacial score (nSPS) is 15.8. The average Bonchev–Trinajstić information content (AvgIpc) is 3.05. The van der Waals surface area contributed by atoms with E-state index >= 15 is 0 Å². The van der Waals surface area contributed by atoms with E-state index in [1.165, 1.54) is 24.2 Å². The molecule has 2 aromatic rings. The average molecular weight is 311 g/mol. The third-order valence-electron chi connectivity index (χ3n) is 3.64. The molecular weight excluding hydrogens is 296 g/mol. The van der Waals surface area contributed by atoms with Crippen molar-refractivity contribution in [2.45, 2.75) is 31.7 Å². The van der Waals surface area contributed by atoms with Crippen molar-refractivity contribution in [2.24, 2.45) is 5.73 Å². The second-order valence-corrected chi connectivity index (χ2v) is 6.22. The number of rotatable bonds is 4. The molecule has 1 aliphatic carbocycles. The van der Waals surface area contributed by atoms with Gasteiger partial charge in [-0.15, -0.1) is 11.3 Å². The van der Waals surface area contributed by atoms with E-state index in [-0.39, 0.29) is 17.7 Å². The molecule has 0 bridgehead atoms. The summed E-state index contributed by atoms with van der Waals surface area (Å²) < 4.78 is 0. The van der Waals surface area contributed by atoms with Gasteiger partial charge in [0.25, 0.3) is 0 Å². The van der Waals surface area contributed by atoms with Crippen molar-refractivity contribution in [1.29, 1.82) is 0 Å². The number of amides is 1. The van der Waals surface area contributed by atoms with Gasteiger partial charge in [-0.2, -0.15) is 4.98 Å². The van der Waals surface area contributed by atoms with Crippen LogP contribution in [0.4, 0.5) is 5.82 Å².